The fraction of sp³-hybridized carbons (Fsp3) is 0.500. The Labute approximate surface area is 55.4 Å². The predicted octanol–water partition coefficient (Wildman–Crippen LogP) is -1.56. The molecule has 0 rings (SSSR count). The zero-order chi connectivity index (χ0) is 3.58. The van der Waals surface area contributed by atoms with Gasteiger partial charge in [0.05, 0.1) is 0 Å². The van der Waals surface area contributed by atoms with Crippen LogP contribution in [0.5, 0.6) is 0 Å². The molecule has 50 valence electrons. The summed E-state index contributed by atoms with van der Waals surface area (Å²) in [6, 6.07) is 0. The van der Waals surface area contributed by atoms with E-state index in [-0.39, 0.29) is 32.0 Å². The fourth-order valence-corrected chi connectivity index (χ4v) is 0. The van der Waals surface area contributed by atoms with Gasteiger partial charge in [-0.3, -0.25) is 4.79 Å². The van der Waals surface area contributed by atoms with Crippen LogP contribution in [0.1, 0.15) is 6.92 Å². The maximum atomic E-state index is 9.00. The van der Waals surface area contributed by atoms with Gasteiger partial charge in [-0.25, -0.2) is 0 Å². The number of carboxylic acids is 1. The normalized spacial score (nSPS) is 3.57. The summed E-state index contributed by atoms with van der Waals surface area (Å²) >= 11 is 0. The first-order chi connectivity index (χ1) is 1.73. The van der Waals surface area contributed by atoms with Crippen LogP contribution in [-0.4, -0.2) is 22.0 Å². The molecule has 5 heteroatoms. The van der Waals surface area contributed by atoms with Gasteiger partial charge in [0.2, 0.25) is 0 Å². The van der Waals surface area contributed by atoms with Crippen LogP contribution >= 0.6 is 0 Å². The minimum atomic E-state index is -0.833. The van der Waals surface area contributed by atoms with E-state index in [4.69, 9.17) is 9.90 Å². The van der Waals surface area contributed by atoms with Crippen LogP contribution in [0.25, 0.3) is 0 Å². The predicted molar refractivity (Wildman–Crippen MR) is 20.5 cm³/mol. The first-order valence-corrected chi connectivity index (χ1v) is 0.928. The maximum Gasteiger partial charge on any atom is 0.300 e. The van der Waals surface area contributed by atoms with Gasteiger partial charge in [-0.2, -0.15) is 0 Å². The van der Waals surface area contributed by atoms with Crippen molar-refractivity contribution >= 4 is 5.97 Å². The molecule has 0 aromatic carbocycles. The Balaban J connectivity index is -0.0000000150. The molecular formula is C2H8O4Pt. The van der Waals surface area contributed by atoms with E-state index in [2.05, 4.69) is 0 Å². The monoisotopic (exact) mass is 291 g/mol. The second-order valence-corrected chi connectivity index (χ2v) is 0.519. The Morgan fingerprint density at radius 2 is 1.43 bits per heavy atom. The van der Waals surface area contributed by atoms with Crippen molar-refractivity contribution in [3.8, 4) is 0 Å². The molecular weight excluding hydrogens is 283 g/mol. The minimum absolute atomic E-state index is 0. The molecule has 4 nitrogen and oxygen atoms in total. The molecule has 0 amide bonds. The molecule has 0 aromatic rings. The number of carboxylic acid groups (broad SMARTS) is 1. The van der Waals surface area contributed by atoms with Crippen molar-refractivity contribution in [3.63, 3.8) is 0 Å². The summed E-state index contributed by atoms with van der Waals surface area (Å²) in [7, 11) is 0. The number of rotatable bonds is 0. The van der Waals surface area contributed by atoms with Gasteiger partial charge in [0.25, 0.3) is 5.97 Å². The third kappa shape index (κ3) is 16500. The van der Waals surface area contributed by atoms with Crippen molar-refractivity contribution in [2.24, 2.45) is 0 Å². The topological polar surface area (TPSA) is 100 Å². The van der Waals surface area contributed by atoms with E-state index in [0.717, 1.165) is 6.92 Å². The fourth-order valence-electron chi connectivity index (χ4n) is 0. The van der Waals surface area contributed by atoms with Gasteiger partial charge in [0.1, 0.15) is 0 Å². The van der Waals surface area contributed by atoms with Gasteiger partial charge in [-0.1, -0.05) is 0 Å². The van der Waals surface area contributed by atoms with Crippen LogP contribution in [0, 0.1) is 0 Å². The minimum Gasteiger partial charge on any atom is -0.481 e. The molecule has 0 radical (unpaired) electrons. The van der Waals surface area contributed by atoms with Crippen molar-refractivity contribution in [2.45, 2.75) is 6.92 Å². The van der Waals surface area contributed by atoms with Crippen LogP contribution in [0.2, 0.25) is 0 Å². The Morgan fingerprint density at radius 1 is 1.43 bits per heavy atom. The zero-order valence-corrected chi connectivity index (χ0v) is 5.94. The van der Waals surface area contributed by atoms with E-state index in [1.165, 1.54) is 0 Å². The summed E-state index contributed by atoms with van der Waals surface area (Å²) in [5, 5.41) is 7.42. The molecule has 0 bridgehead atoms. The van der Waals surface area contributed by atoms with Gasteiger partial charge in [-0.15, -0.1) is 0 Å². The average Bonchev–Trinajstić information content (AvgIpc) is 0.811. The molecule has 0 fully saturated rings. The molecule has 0 atom stereocenters. The van der Waals surface area contributed by atoms with Crippen molar-refractivity contribution in [1.29, 1.82) is 0 Å². The molecule has 0 aromatic heterocycles. The number of hydrogen-bond acceptors (Lipinski definition) is 1. The smallest absolute Gasteiger partial charge is 0.300 e. The zero-order valence-electron chi connectivity index (χ0n) is 3.67. The second-order valence-electron chi connectivity index (χ2n) is 0.519. The van der Waals surface area contributed by atoms with Crippen molar-refractivity contribution < 1.29 is 41.9 Å². The summed E-state index contributed by atoms with van der Waals surface area (Å²) in [6.45, 7) is 1.08. The van der Waals surface area contributed by atoms with Crippen LogP contribution in [0.3, 0.4) is 0 Å². The molecule has 5 N–H and O–H groups in total. The summed E-state index contributed by atoms with van der Waals surface area (Å²) in [4.78, 5) is 9.00. The molecule has 0 unspecified atom stereocenters. The van der Waals surface area contributed by atoms with E-state index in [0.29, 0.717) is 0 Å². The van der Waals surface area contributed by atoms with Gasteiger partial charge in [0, 0.05) is 28.0 Å². The average molecular weight is 291 g/mol. The molecule has 7 heavy (non-hydrogen) atoms. The number of carbonyl (C=O) groups is 1. The summed E-state index contributed by atoms with van der Waals surface area (Å²) in [5.41, 5.74) is 0. The number of aliphatic carboxylic acids is 1. The third-order valence-electron chi connectivity index (χ3n) is 0. The largest absolute Gasteiger partial charge is 0.481 e. The molecule has 0 saturated heterocycles. The summed E-state index contributed by atoms with van der Waals surface area (Å²) in [6.07, 6.45) is 0. The Bertz CT molecular complexity index is 32.7. The summed E-state index contributed by atoms with van der Waals surface area (Å²) in [5.74, 6) is -0.833. The van der Waals surface area contributed by atoms with Gasteiger partial charge >= 0.3 is 0 Å². The SMILES string of the molecule is CC(=O)O.O.O.[Pt]. The van der Waals surface area contributed by atoms with E-state index >= 15 is 0 Å². The van der Waals surface area contributed by atoms with Crippen molar-refractivity contribution in [3.05, 3.63) is 0 Å². The first-order valence-electron chi connectivity index (χ1n) is 0.928. The second kappa shape index (κ2) is 16.5. The Morgan fingerprint density at radius 3 is 1.43 bits per heavy atom. The van der Waals surface area contributed by atoms with Crippen LogP contribution < -0.4 is 0 Å². The molecule has 0 saturated carbocycles. The van der Waals surface area contributed by atoms with Crippen molar-refractivity contribution in [1.82, 2.24) is 0 Å². The Hall–Kier alpha value is 0.0783. The van der Waals surface area contributed by atoms with E-state index in [1.807, 2.05) is 0 Å². The van der Waals surface area contributed by atoms with Crippen LogP contribution in [0.15, 0.2) is 0 Å². The first kappa shape index (κ1) is 27.6. The van der Waals surface area contributed by atoms with Crippen LogP contribution in [0.4, 0.5) is 0 Å². The van der Waals surface area contributed by atoms with Gasteiger partial charge in [0.15, 0.2) is 0 Å². The molecule has 0 aliphatic carbocycles. The molecule has 0 aliphatic rings. The molecule has 0 spiro atoms. The van der Waals surface area contributed by atoms with E-state index < -0.39 is 5.97 Å². The van der Waals surface area contributed by atoms with Crippen molar-refractivity contribution in [2.75, 3.05) is 0 Å². The standard InChI is InChI=1S/C2H4O2.2H2O.Pt/c1-2(3)4;;;/h1H3,(H,3,4);2*1H2;. The van der Waals surface area contributed by atoms with E-state index in [9.17, 15) is 0 Å². The maximum absolute atomic E-state index is 9.00. The Kier molecular flexibility index (Phi) is 65.2. The van der Waals surface area contributed by atoms with Gasteiger partial charge in [-0.05, 0) is 0 Å². The van der Waals surface area contributed by atoms with E-state index in [1.54, 1.807) is 0 Å². The van der Waals surface area contributed by atoms with Gasteiger partial charge < -0.3 is 16.1 Å². The molecule has 0 heterocycles. The summed E-state index contributed by atoms with van der Waals surface area (Å²) < 4.78 is 0. The third-order valence-corrected chi connectivity index (χ3v) is 0. The number of hydrogen-bond donors (Lipinski definition) is 1. The quantitative estimate of drug-likeness (QED) is 0.583. The molecule has 0 aliphatic heterocycles. The van der Waals surface area contributed by atoms with Crippen LogP contribution in [-0.2, 0) is 25.9 Å².